The summed E-state index contributed by atoms with van der Waals surface area (Å²) in [5, 5.41) is 0. The summed E-state index contributed by atoms with van der Waals surface area (Å²) in [5.74, 6) is 0.512. The molecule has 0 aliphatic carbocycles. The highest BCUT2D eigenvalue weighted by Gasteiger charge is 2.51. The lowest BCUT2D eigenvalue weighted by Gasteiger charge is -2.22. The minimum Gasteiger partial charge on any atom is -0.494 e. The lowest BCUT2D eigenvalue weighted by molar-refractivity contribution is -0.140. The molecule has 0 saturated carbocycles. The average Bonchev–Trinajstić information content (AvgIpc) is 3.37. The summed E-state index contributed by atoms with van der Waals surface area (Å²) in [4.78, 5) is 42.7. The monoisotopic (exact) mass is 399 g/mol. The van der Waals surface area contributed by atoms with Crippen LogP contribution in [0.5, 0.6) is 5.75 Å². The molecule has 7 heteroatoms. The van der Waals surface area contributed by atoms with Crippen LogP contribution in [0.15, 0.2) is 24.3 Å². The van der Waals surface area contributed by atoms with Crippen molar-refractivity contribution in [3.8, 4) is 5.75 Å². The Morgan fingerprint density at radius 1 is 1.00 bits per heavy atom. The van der Waals surface area contributed by atoms with Crippen LogP contribution in [0.25, 0.3) is 0 Å². The fourth-order valence-corrected chi connectivity index (χ4v) is 4.72. The van der Waals surface area contributed by atoms with E-state index in [1.807, 2.05) is 36.1 Å². The standard InChI is InChI=1S/C22H29N3O4/c1-2-29-17-8-6-16(7-9-17)13-23-14-18-19(15-23)22(28)25(21(18)27)12-4-11-24-10-3-5-20(24)26/h6-9,18-19H,2-5,10-15H2,1H3. The Morgan fingerprint density at radius 3 is 2.28 bits per heavy atom. The second kappa shape index (κ2) is 8.53. The van der Waals surface area contributed by atoms with Gasteiger partial charge in [-0.15, -0.1) is 0 Å². The van der Waals surface area contributed by atoms with Gasteiger partial charge in [-0.1, -0.05) is 12.1 Å². The molecule has 1 aromatic rings. The Bertz CT molecular complexity index is 755. The van der Waals surface area contributed by atoms with Crippen molar-refractivity contribution in [2.24, 2.45) is 11.8 Å². The summed E-state index contributed by atoms with van der Waals surface area (Å²) in [6, 6.07) is 7.99. The van der Waals surface area contributed by atoms with Gasteiger partial charge < -0.3 is 9.64 Å². The molecule has 3 aliphatic heterocycles. The van der Waals surface area contributed by atoms with E-state index in [2.05, 4.69) is 4.90 Å². The van der Waals surface area contributed by atoms with Crippen LogP contribution < -0.4 is 4.74 Å². The van der Waals surface area contributed by atoms with Crippen LogP contribution in [-0.4, -0.2) is 71.8 Å². The fourth-order valence-electron chi connectivity index (χ4n) is 4.72. The van der Waals surface area contributed by atoms with E-state index in [-0.39, 0.29) is 29.6 Å². The molecule has 3 aliphatic rings. The van der Waals surface area contributed by atoms with Gasteiger partial charge in [-0.25, -0.2) is 0 Å². The normalized spacial score (nSPS) is 24.7. The summed E-state index contributed by atoms with van der Waals surface area (Å²) in [6.45, 7) is 6.45. The third kappa shape index (κ3) is 4.15. The quantitative estimate of drug-likeness (QED) is 0.620. The Morgan fingerprint density at radius 2 is 1.69 bits per heavy atom. The predicted octanol–water partition coefficient (Wildman–Crippen LogP) is 1.51. The molecule has 29 heavy (non-hydrogen) atoms. The van der Waals surface area contributed by atoms with Crippen LogP contribution in [0.1, 0.15) is 31.7 Å². The van der Waals surface area contributed by atoms with E-state index in [1.54, 1.807) is 0 Å². The Labute approximate surface area is 171 Å². The lowest BCUT2D eigenvalue weighted by atomic mass is 10.00. The summed E-state index contributed by atoms with van der Waals surface area (Å²) in [5.41, 5.74) is 1.15. The van der Waals surface area contributed by atoms with Crippen molar-refractivity contribution in [3.05, 3.63) is 29.8 Å². The van der Waals surface area contributed by atoms with Crippen LogP contribution in [0.2, 0.25) is 0 Å². The zero-order chi connectivity index (χ0) is 20.4. The van der Waals surface area contributed by atoms with E-state index in [9.17, 15) is 14.4 Å². The van der Waals surface area contributed by atoms with E-state index >= 15 is 0 Å². The number of imide groups is 1. The van der Waals surface area contributed by atoms with Gasteiger partial charge >= 0.3 is 0 Å². The maximum atomic E-state index is 12.8. The van der Waals surface area contributed by atoms with E-state index in [4.69, 9.17) is 4.74 Å². The zero-order valence-corrected chi connectivity index (χ0v) is 17.0. The largest absolute Gasteiger partial charge is 0.494 e. The highest BCUT2D eigenvalue weighted by molar-refractivity contribution is 6.05. The summed E-state index contributed by atoms with van der Waals surface area (Å²) >= 11 is 0. The smallest absolute Gasteiger partial charge is 0.234 e. The van der Waals surface area contributed by atoms with Gasteiger partial charge in [0, 0.05) is 45.7 Å². The number of benzene rings is 1. The molecular weight excluding hydrogens is 370 g/mol. The predicted molar refractivity (Wildman–Crippen MR) is 107 cm³/mol. The number of hydrogen-bond acceptors (Lipinski definition) is 5. The van der Waals surface area contributed by atoms with Crippen molar-refractivity contribution in [3.63, 3.8) is 0 Å². The van der Waals surface area contributed by atoms with Crippen molar-refractivity contribution >= 4 is 17.7 Å². The molecule has 1 aromatic carbocycles. The molecular formula is C22H29N3O4. The van der Waals surface area contributed by atoms with E-state index in [1.165, 1.54) is 4.90 Å². The minimum absolute atomic E-state index is 0.0399. The highest BCUT2D eigenvalue weighted by Crippen LogP contribution is 2.34. The van der Waals surface area contributed by atoms with Crippen molar-refractivity contribution < 1.29 is 19.1 Å². The van der Waals surface area contributed by atoms with Crippen LogP contribution in [0, 0.1) is 11.8 Å². The first-order valence-electron chi connectivity index (χ1n) is 10.6. The van der Waals surface area contributed by atoms with Crippen molar-refractivity contribution in [2.45, 2.75) is 32.7 Å². The van der Waals surface area contributed by atoms with Gasteiger partial charge in [0.15, 0.2) is 0 Å². The number of amides is 3. The van der Waals surface area contributed by atoms with E-state index in [0.717, 1.165) is 30.8 Å². The molecule has 7 nitrogen and oxygen atoms in total. The first kappa shape index (κ1) is 19.9. The SMILES string of the molecule is CCOc1ccc(CN2CC3C(=O)N(CCCN4CCCC4=O)C(=O)C3C2)cc1. The number of carbonyl (C=O) groups excluding carboxylic acids is 3. The minimum atomic E-state index is -0.224. The first-order valence-corrected chi connectivity index (χ1v) is 10.6. The molecule has 3 amide bonds. The third-order valence-electron chi connectivity index (χ3n) is 6.18. The number of carbonyl (C=O) groups is 3. The zero-order valence-electron chi connectivity index (χ0n) is 17.0. The van der Waals surface area contributed by atoms with Gasteiger partial charge in [0.2, 0.25) is 17.7 Å². The van der Waals surface area contributed by atoms with Crippen molar-refractivity contribution in [1.29, 1.82) is 0 Å². The van der Waals surface area contributed by atoms with Gasteiger partial charge in [-0.05, 0) is 37.5 Å². The summed E-state index contributed by atoms with van der Waals surface area (Å²) < 4.78 is 5.47. The van der Waals surface area contributed by atoms with Crippen LogP contribution >= 0.6 is 0 Å². The molecule has 0 bridgehead atoms. The highest BCUT2D eigenvalue weighted by atomic mass is 16.5. The molecule has 4 rings (SSSR count). The average molecular weight is 399 g/mol. The van der Waals surface area contributed by atoms with Crippen molar-refractivity contribution in [2.75, 3.05) is 39.3 Å². The van der Waals surface area contributed by atoms with E-state index < -0.39 is 0 Å². The maximum absolute atomic E-state index is 12.8. The molecule has 2 unspecified atom stereocenters. The molecule has 0 spiro atoms. The number of nitrogens with zero attached hydrogens (tertiary/aromatic N) is 3. The summed E-state index contributed by atoms with van der Waals surface area (Å²) in [6.07, 6.45) is 2.20. The van der Waals surface area contributed by atoms with Gasteiger partial charge in [-0.3, -0.25) is 24.2 Å². The molecule has 0 aromatic heterocycles. The first-order chi connectivity index (χ1) is 14.1. The number of fused-ring (bicyclic) bond motifs is 1. The lowest BCUT2D eigenvalue weighted by Crippen LogP contribution is -2.38. The number of ether oxygens (including phenoxy) is 1. The second-order valence-electron chi connectivity index (χ2n) is 8.15. The Balaban J connectivity index is 1.28. The number of rotatable bonds is 8. The van der Waals surface area contributed by atoms with E-state index in [0.29, 0.717) is 45.6 Å². The van der Waals surface area contributed by atoms with Crippen LogP contribution in [0.4, 0.5) is 0 Å². The number of hydrogen-bond donors (Lipinski definition) is 0. The topological polar surface area (TPSA) is 70.2 Å². The molecule has 3 fully saturated rings. The van der Waals surface area contributed by atoms with Gasteiger partial charge in [0.05, 0.1) is 18.4 Å². The molecule has 156 valence electrons. The molecule has 3 saturated heterocycles. The number of likely N-dealkylation sites (tertiary alicyclic amines) is 3. The molecule has 3 heterocycles. The van der Waals surface area contributed by atoms with Gasteiger partial charge in [0.1, 0.15) is 5.75 Å². The maximum Gasteiger partial charge on any atom is 0.234 e. The van der Waals surface area contributed by atoms with Gasteiger partial charge in [0.25, 0.3) is 0 Å². The molecule has 2 atom stereocenters. The molecule has 0 radical (unpaired) electrons. The molecule has 0 N–H and O–H groups in total. The Kier molecular flexibility index (Phi) is 5.85. The van der Waals surface area contributed by atoms with Crippen molar-refractivity contribution in [1.82, 2.24) is 14.7 Å². The van der Waals surface area contributed by atoms with Crippen LogP contribution in [0.3, 0.4) is 0 Å². The van der Waals surface area contributed by atoms with Crippen LogP contribution in [-0.2, 0) is 20.9 Å². The third-order valence-corrected chi connectivity index (χ3v) is 6.18. The fraction of sp³-hybridized carbons (Fsp3) is 0.591. The summed E-state index contributed by atoms with van der Waals surface area (Å²) in [7, 11) is 0. The van der Waals surface area contributed by atoms with Gasteiger partial charge in [-0.2, -0.15) is 0 Å². The second-order valence-corrected chi connectivity index (χ2v) is 8.15. The Hall–Kier alpha value is -2.41.